The molecule has 2 atom stereocenters. The Hall–Kier alpha value is -2.23. The van der Waals surface area contributed by atoms with Gasteiger partial charge in [-0.25, -0.2) is 4.79 Å². The largest absolute Gasteiger partial charge is 0.507 e. The second-order valence-corrected chi connectivity index (χ2v) is 8.11. The average Bonchev–Trinajstić information content (AvgIpc) is 2.66. The third kappa shape index (κ3) is 6.38. The zero-order valence-corrected chi connectivity index (χ0v) is 18.4. The molecule has 29 heavy (non-hydrogen) atoms. The minimum Gasteiger partial charge on any atom is -0.507 e. The van der Waals surface area contributed by atoms with Gasteiger partial charge in [-0.15, -0.1) is 0 Å². The minimum absolute atomic E-state index is 0.0110. The summed E-state index contributed by atoms with van der Waals surface area (Å²) in [5.74, 6) is 0.636. The zero-order valence-electron chi connectivity index (χ0n) is 18.4. The predicted octanol–water partition coefficient (Wildman–Crippen LogP) is 6.08. The van der Waals surface area contributed by atoms with E-state index in [2.05, 4.69) is 26.5 Å². The summed E-state index contributed by atoms with van der Waals surface area (Å²) < 4.78 is 10.9. The van der Waals surface area contributed by atoms with Crippen LogP contribution in [0.1, 0.15) is 76.8 Å². The van der Waals surface area contributed by atoms with E-state index in [-0.39, 0.29) is 24.2 Å². The summed E-state index contributed by atoms with van der Waals surface area (Å²) in [6, 6.07) is 3.84. The van der Waals surface area contributed by atoms with E-state index in [0.717, 1.165) is 55.2 Å². The van der Waals surface area contributed by atoms with Gasteiger partial charge in [0.05, 0.1) is 6.61 Å². The number of aromatic hydroxyl groups is 1. The number of aryl methyl sites for hydroxylation is 1. The Morgan fingerprint density at radius 1 is 1.28 bits per heavy atom. The lowest BCUT2D eigenvalue weighted by Gasteiger charge is -2.32. The lowest BCUT2D eigenvalue weighted by molar-refractivity contribution is -0.145. The van der Waals surface area contributed by atoms with Crippen molar-refractivity contribution < 1.29 is 19.4 Å². The van der Waals surface area contributed by atoms with Crippen molar-refractivity contribution in [2.45, 2.75) is 72.1 Å². The molecule has 0 radical (unpaired) electrons. The van der Waals surface area contributed by atoms with E-state index in [0.29, 0.717) is 12.4 Å². The van der Waals surface area contributed by atoms with E-state index < -0.39 is 5.97 Å². The molecule has 0 amide bonds. The van der Waals surface area contributed by atoms with Gasteiger partial charge in [0.2, 0.25) is 0 Å². The molecule has 2 unspecified atom stereocenters. The second-order valence-electron chi connectivity index (χ2n) is 8.11. The van der Waals surface area contributed by atoms with Crippen molar-refractivity contribution in [3.8, 4) is 11.5 Å². The smallest absolute Gasteiger partial charge is 0.344 e. The maximum Gasteiger partial charge on any atom is 0.344 e. The Bertz CT molecular complexity index is 747. The van der Waals surface area contributed by atoms with Crippen LogP contribution in [0.4, 0.5) is 0 Å². The van der Waals surface area contributed by atoms with Gasteiger partial charge in [-0.3, -0.25) is 0 Å². The molecule has 4 nitrogen and oxygen atoms in total. The fourth-order valence-electron chi connectivity index (χ4n) is 4.09. The van der Waals surface area contributed by atoms with Gasteiger partial charge in [-0.1, -0.05) is 43.6 Å². The Kier molecular flexibility index (Phi) is 8.81. The van der Waals surface area contributed by atoms with Crippen LogP contribution in [0.15, 0.2) is 35.9 Å². The molecule has 1 aromatic carbocycles. The molecule has 1 aliphatic carbocycles. The molecule has 1 aliphatic rings. The quantitative estimate of drug-likeness (QED) is 0.294. The third-order valence-corrected chi connectivity index (χ3v) is 5.61. The second kappa shape index (κ2) is 11.1. The summed E-state index contributed by atoms with van der Waals surface area (Å²) in [7, 11) is 0. The first-order valence-corrected chi connectivity index (χ1v) is 10.8. The molecule has 0 spiro atoms. The van der Waals surface area contributed by atoms with Crippen LogP contribution in [-0.2, 0) is 16.0 Å². The Morgan fingerprint density at radius 2 is 2.03 bits per heavy atom. The van der Waals surface area contributed by atoms with Crippen molar-refractivity contribution in [2.75, 3.05) is 13.2 Å². The Balaban J connectivity index is 2.42. The fraction of sp³-hybridized carbons (Fsp3) is 0.560. The van der Waals surface area contributed by atoms with Crippen molar-refractivity contribution in [2.24, 2.45) is 5.92 Å². The highest BCUT2D eigenvalue weighted by molar-refractivity contribution is 5.71. The fourth-order valence-corrected chi connectivity index (χ4v) is 4.09. The van der Waals surface area contributed by atoms with E-state index in [4.69, 9.17) is 9.47 Å². The van der Waals surface area contributed by atoms with Gasteiger partial charge in [0, 0.05) is 11.5 Å². The highest BCUT2D eigenvalue weighted by Gasteiger charge is 2.30. The van der Waals surface area contributed by atoms with Crippen LogP contribution in [0.3, 0.4) is 0 Å². The van der Waals surface area contributed by atoms with Gasteiger partial charge in [0.25, 0.3) is 0 Å². The molecule has 0 aliphatic heterocycles. The summed E-state index contributed by atoms with van der Waals surface area (Å²) in [6.07, 6.45) is 8.46. The SMILES string of the molecule is C=C(C)C1CCC(C)=CC1c1c(O)cc(CCCCC)cc1OCC(=O)OCC. The van der Waals surface area contributed by atoms with Gasteiger partial charge < -0.3 is 14.6 Å². The number of allylic oxidation sites excluding steroid dienone is 3. The lowest BCUT2D eigenvalue weighted by atomic mass is 9.73. The van der Waals surface area contributed by atoms with E-state index in [9.17, 15) is 9.90 Å². The van der Waals surface area contributed by atoms with Crippen LogP contribution < -0.4 is 4.74 Å². The van der Waals surface area contributed by atoms with Crippen LogP contribution in [0.5, 0.6) is 11.5 Å². The van der Waals surface area contributed by atoms with Crippen molar-refractivity contribution in [1.29, 1.82) is 0 Å². The summed E-state index contributed by atoms with van der Waals surface area (Å²) >= 11 is 0. The molecule has 0 aromatic heterocycles. The van der Waals surface area contributed by atoms with Gasteiger partial charge in [0.1, 0.15) is 11.5 Å². The van der Waals surface area contributed by atoms with Crippen molar-refractivity contribution in [3.63, 3.8) is 0 Å². The molecule has 1 aromatic rings. The molecule has 0 heterocycles. The Morgan fingerprint density at radius 3 is 2.69 bits per heavy atom. The number of unbranched alkanes of at least 4 members (excludes halogenated alkanes) is 2. The number of phenols is 1. The van der Waals surface area contributed by atoms with Crippen LogP contribution in [0.25, 0.3) is 0 Å². The van der Waals surface area contributed by atoms with Crippen molar-refractivity contribution in [3.05, 3.63) is 47.1 Å². The maximum absolute atomic E-state index is 11.9. The summed E-state index contributed by atoms with van der Waals surface area (Å²) in [4.78, 5) is 11.9. The van der Waals surface area contributed by atoms with Gasteiger partial charge in [-0.05, 0) is 70.1 Å². The highest BCUT2D eigenvalue weighted by atomic mass is 16.6. The molecule has 0 fully saturated rings. The van der Waals surface area contributed by atoms with E-state index >= 15 is 0 Å². The maximum atomic E-state index is 11.9. The molecular formula is C25H36O4. The van der Waals surface area contributed by atoms with E-state index in [1.54, 1.807) is 6.92 Å². The number of carbonyl (C=O) groups excluding carboxylic acids is 1. The first kappa shape index (κ1) is 23.1. The number of hydrogen-bond acceptors (Lipinski definition) is 4. The number of benzene rings is 1. The van der Waals surface area contributed by atoms with E-state index in [1.807, 2.05) is 19.1 Å². The standard InChI is InChI=1S/C25H36O4/c1-6-8-9-10-19-14-22(26)25(23(15-19)29-16-24(27)28-7-2)21-13-18(5)11-12-20(21)17(3)4/h13-15,20-21,26H,3,6-12,16H2,1-2,4-5H3. The van der Waals surface area contributed by atoms with Crippen molar-refractivity contribution in [1.82, 2.24) is 0 Å². The normalized spacial score (nSPS) is 18.8. The molecule has 0 bridgehead atoms. The number of hydrogen-bond donors (Lipinski definition) is 1. The molecular weight excluding hydrogens is 364 g/mol. The molecule has 2 rings (SSSR count). The third-order valence-electron chi connectivity index (χ3n) is 5.61. The Labute approximate surface area is 175 Å². The average molecular weight is 401 g/mol. The monoisotopic (exact) mass is 400 g/mol. The predicted molar refractivity (Wildman–Crippen MR) is 117 cm³/mol. The molecule has 160 valence electrons. The molecule has 0 saturated heterocycles. The van der Waals surface area contributed by atoms with Gasteiger partial charge in [0.15, 0.2) is 6.61 Å². The lowest BCUT2D eigenvalue weighted by Crippen LogP contribution is -2.20. The van der Waals surface area contributed by atoms with Crippen LogP contribution in [0.2, 0.25) is 0 Å². The topological polar surface area (TPSA) is 55.8 Å². The first-order valence-electron chi connectivity index (χ1n) is 10.8. The molecule has 1 N–H and O–H groups in total. The van der Waals surface area contributed by atoms with Crippen molar-refractivity contribution >= 4 is 5.97 Å². The highest BCUT2D eigenvalue weighted by Crippen LogP contribution is 2.47. The number of esters is 1. The van der Waals surface area contributed by atoms with Crippen LogP contribution in [-0.4, -0.2) is 24.3 Å². The summed E-state index contributed by atoms with van der Waals surface area (Å²) in [5.41, 5.74) is 4.18. The van der Waals surface area contributed by atoms with Gasteiger partial charge in [-0.2, -0.15) is 0 Å². The zero-order chi connectivity index (χ0) is 21.4. The number of phenolic OH excluding ortho intramolecular Hbond substituents is 1. The number of carbonyl (C=O) groups is 1. The number of rotatable bonds is 10. The minimum atomic E-state index is -0.402. The molecule has 4 heteroatoms. The van der Waals surface area contributed by atoms with Crippen LogP contribution in [0, 0.1) is 5.92 Å². The summed E-state index contributed by atoms with van der Waals surface area (Å²) in [5, 5.41) is 11.0. The first-order chi connectivity index (χ1) is 13.9. The van der Waals surface area contributed by atoms with Crippen LogP contribution >= 0.6 is 0 Å². The summed E-state index contributed by atoms with van der Waals surface area (Å²) in [6.45, 7) is 12.4. The van der Waals surface area contributed by atoms with Gasteiger partial charge >= 0.3 is 5.97 Å². The van der Waals surface area contributed by atoms with E-state index in [1.165, 1.54) is 5.57 Å². The number of ether oxygens (including phenoxy) is 2. The molecule has 0 saturated carbocycles.